The van der Waals surface area contributed by atoms with Crippen LogP contribution in [-0.2, 0) is 0 Å². The first-order valence-electron chi connectivity index (χ1n) is 6.03. The fourth-order valence-corrected chi connectivity index (χ4v) is 2.31. The van der Waals surface area contributed by atoms with Gasteiger partial charge in [-0.3, -0.25) is 4.98 Å². The highest BCUT2D eigenvalue weighted by atomic mass is 35.5. The van der Waals surface area contributed by atoms with Crippen LogP contribution in [0.1, 0.15) is 23.6 Å². The van der Waals surface area contributed by atoms with Gasteiger partial charge in [-0.05, 0) is 30.2 Å². The van der Waals surface area contributed by atoms with Crippen LogP contribution in [0.5, 0.6) is 0 Å². The predicted octanol–water partition coefficient (Wildman–Crippen LogP) is 1.60. The molecule has 0 amide bonds. The van der Waals surface area contributed by atoms with Gasteiger partial charge in [0.2, 0.25) is 0 Å². The minimum Gasteiger partial charge on any atom is -0.396 e. The van der Waals surface area contributed by atoms with Crippen LogP contribution in [0.2, 0.25) is 5.02 Å². The van der Waals surface area contributed by atoms with Gasteiger partial charge in [-0.25, -0.2) is 0 Å². The van der Waals surface area contributed by atoms with Crippen molar-refractivity contribution >= 4 is 29.6 Å². The lowest BCUT2D eigenvalue weighted by atomic mass is 10.00. The number of hydrogen-bond acceptors (Lipinski definition) is 4. The fourth-order valence-electron chi connectivity index (χ4n) is 2.02. The van der Waals surface area contributed by atoms with E-state index in [1.54, 1.807) is 12.3 Å². The average Bonchev–Trinajstić information content (AvgIpc) is 2.41. The van der Waals surface area contributed by atoms with Crippen molar-refractivity contribution < 1.29 is 10.2 Å². The Labute approximate surface area is 123 Å². The zero-order valence-electron chi connectivity index (χ0n) is 10.5. The van der Waals surface area contributed by atoms with Gasteiger partial charge < -0.3 is 15.5 Å². The Morgan fingerprint density at radius 2 is 2.11 bits per heavy atom. The molecule has 1 aliphatic heterocycles. The fraction of sp³-hybridized carbons (Fsp3) is 0.462. The van der Waals surface area contributed by atoms with Crippen LogP contribution in [-0.4, -0.2) is 41.5 Å². The maximum Gasteiger partial charge on any atom is 0.0845 e. The normalized spacial score (nSPS) is 15.1. The van der Waals surface area contributed by atoms with Crippen LogP contribution in [0.15, 0.2) is 18.3 Å². The van der Waals surface area contributed by atoms with Crippen molar-refractivity contribution in [3.05, 3.63) is 34.6 Å². The van der Waals surface area contributed by atoms with Gasteiger partial charge in [0.05, 0.1) is 23.9 Å². The standard InChI is InChI=1S/C13H17ClN2O2.ClH/c14-12-5-10(11(7-17)8-18)6-16-13(12)9-1-3-15-4-2-9;/h1,5-6,11,15,17-18H,2-4,7-8H2;1H. The molecule has 0 spiro atoms. The minimum absolute atomic E-state index is 0. The first kappa shape index (κ1) is 16.4. The van der Waals surface area contributed by atoms with Gasteiger partial charge in [0, 0.05) is 18.7 Å². The summed E-state index contributed by atoms with van der Waals surface area (Å²) in [6.07, 6.45) is 4.68. The topological polar surface area (TPSA) is 65.4 Å². The Morgan fingerprint density at radius 3 is 2.63 bits per heavy atom. The quantitative estimate of drug-likeness (QED) is 0.790. The summed E-state index contributed by atoms with van der Waals surface area (Å²) in [4.78, 5) is 4.37. The molecular weight excluding hydrogens is 287 g/mol. The molecule has 19 heavy (non-hydrogen) atoms. The second-order valence-corrected chi connectivity index (χ2v) is 4.75. The summed E-state index contributed by atoms with van der Waals surface area (Å²) in [6, 6.07) is 1.78. The molecule has 1 aromatic rings. The molecule has 0 saturated carbocycles. The van der Waals surface area contributed by atoms with E-state index >= 15 is 0 Å². The number of aliphatic hydroxyl groups excluding tert-OH is 2. The smallest absolute Gasteiger partial charge is 0.0845 e. The van der Waals surface area contributed by atoms with Gasteiger partial charge in [0.25, 0.3) is 0 Å². The highest BCUT2D eigenvalue weighted by Crippen LogP contribution is 2.27. The molecule has 1 aliphatic rings. The van der Waals surface area contributed by atoms with Gasteiger partial charge in [-0.1, -0.05) is 17.7 Å². The number of hydrogen-bond donors (Lipinski definition) is 3. The molecule has 2 rings (SSSR count). The molecule has 1 aromatic heterocycles. The highest BCUT2D eigenvalue weighted by Gasteiger charge is 2.15. The van der Waals surface area contributed by atoms with E-state index in [0.29, 0.717) is 5.02 Å². The molecule has 0 radical (unpaired) electrons. The Bertz CT molecular complexity index is 448. The summed E-state index contributed by atoms with van der Waals surface area (Å²) in [5, 5.41) is 22.1. The third-order valence-corrected chi connectivity index (χ3v) is 3.43. The zero-order chi connectivity index (χ0) is 13.0. The first-order valence-corrected chi connectivity index (χ1v) is 6.41. The number of nitrogens with zero attached hydrogens (tertiary/aromatic N) is 1. The largest absolute Gasteiger partial charge is 0.396 e. The van der Waals surface area contributed by atoms with E-state index in [1.165, 1.54) is 0 Å². The van der Waals surface area contributed by atoms with Crippen molar-refractivity contribution in [1.29, 1.82) is 0 Å². The van der Waals surface area contributed by atoms with Crippen LogP contribution >= 0.6 is 24.0 Å². The Hall–Kier alpha value is -0.650. The van der Waals surface area contributed by atoms with E-state index in [2.05, 4.69) is 16.4 Å². The molecule has 4 nitrogen and oxygen atoms in total. The van der Waals surface area contributed by atoms with Crippen LogP contribution in [0, 0.1) is 0 Å². The second kappa shape index (κ2) is 7.82. The SMILES string of the molecule is Cl.OCC(CO)c1cnc(C2=CCNCC2)c(Cl)c1. The molecule has 0 fully saturated rings. The summed E-state index contributed by atoms with van der Waals surface area (Å²) in [5.41, 5.74) is 2.72. The molecule has 0 atom stereocenters. The van der Waals surface area contributed by atoms with Crippen molar-refractivity contribution in [3.63, 3.8) is 0 Å². The number of rotatable bonds is 4. The zero-order valence-corrected chi connectivity index (χ0v) is 12.0. The molecule has 0 aliphatic carbocycles. The van der Waals surface area contributed by atoms with Gasteiger partial charge in [0.15, 0.2) is 0 Å². The molecule has 2 heterocycles. The molecular formula is C13H18Cl2N2O2. The Morgan fingerprint density at radius 1 is 1.37 bits per heavy atom. The summed E-state index contributed by atoms with van der Waals surface area (Å²) >= 11 is 6.23. The maximum absolute atomic E-state index is 9.14. The molecule has 106 valence electrons. The summed E-state index contributed by atoms with van der Waals surface area (Å²) in [5.74, 6) is -0.314. The Kier molecular flexibility index (Phi) is 6.75. The number of halogens is 2. The van der Waals surface area contributed by atoms with E-state index in [4.69, 9.17) is 21.8 Å². The van der Waals surface area contributed by atoms with Crippen LogP contribution in [0.25, 0.3) is 5.57 Å². The second-order valence-electron chi connectivity index (χ2n) is 4.34. The number of aromatic nitrogens is 1. The van der Waals surface area contributed by atoms with E-state index in [-0.39, 0.29) is 31.5 Å². The average molecular weight is 305 g/mol. The highest BCUT2D eigenvalue weighted by molar-refractivity contribution is 6.32. The summed E-state index contributed by atoms with van der Waals surface area (Å²) < 4.78 is 0. The number of aliphatic hydroxyl groups is 2. The number of nitrogens with one attached hydrogen (secondary N) is 1. The molecule has 6 heteroatoms. The third kappa shape index (κ3) is 3.91. The van der Waals surface area contributed by atoms with Crippen molar-refractivity contribution in [2.45, 2.75) is 12.3 Å². The summed E-state index contributed by atoms with van der Waals surface area (Å²) in [6.45, 7) is 1.55. The molecule has 0 saturated heterocycles. The molecule has 0 aromatic carbocycles. The van der Waals surface area contributed by atoms with E-state index in [9.17, 15) is 0 Å². The Balaban J connectivity index is 0.00000180. The van der Waals surface area contributed by atoms with E-state index in [0.717, 1.165) is 36.3 Å². The van der Waals surface area contributed by atoms with Crippen LogP contribution in [0.3, 0.4) is 0 Å². The predicted molar refractivity (Wildman–Crippen MR) is 78.9 cm³/mol. The number of pyridine rings is 1. The minimum atomic E-state index is -0.314. The van der Waals surface area contributed by atoms with Gasteiger partial charge in [0.1, 0.15) is 0 Å². The van der Waals surface area contributed by atoms with Crippen molar-refractivity contribution in [2.75, 3.05) is 26.3 Å². The first-order chi connectivity index (χ1) is 8.76. The van der Waals surface area contributed by atoms with E-state index < -0.39 is 0 Å². The lowest BCUT2D eigenvalue weighted by molar-refractivity contribution is 0.192. The van der Waals surface area contributed by atoms with Crippen molar-refractivity contribution in [3.8, 4) is 0 Å². The van der Waals surface area contributed by atoms with Gasteiger partial charge in [-0.2, -0.15) is 0 Å². The van der Waals surface area contributed by atoms with Crippen LogP contribution in [0.4, 0.5) is 0 Å². The van der Waals surface area contributed by atoms with Gasteiger partial charge >= 0.3 is 0 Å². The van der Waals surface area contributed by atoms with E-state index in [1.807, 2.05) is 0 Å². The van der Waals surface area contributed by atoms with Crippen molar-refractivity contribution in [1.82, 2.24) is 10.3 Å². The van der Waals surface area contributed by atoms with Crippen molar-refractivity contribution in [2.24, 2.45) is 0 Å². The van der Waals surface area contributed by atoms with Gasteiger partial charge in [-0.15, -0.1) is 12.4 Å². The van der Waals surface area contributed by atoms with Crippen LogP contribution < -0.4 is 5.32 Å². The third-order valence-electron chi connectivity index (χ3n) is 3.14. The maximum atomic E-state index is 9.14. The summed E-state index contributed by atoms with van der Waals surface area (Å²) in [7, 11) is 0. The molecule has 0 bridgehead atoms. The lowest BCUT2D eigenvalue weighted by Crippen LogP contribution is -2.20. The monoisotopic (exact) mass is 304 g/mol. The molecule has 0 unspecified atom stereocenters. The lowest BCUT2D eigenvalue weighted by Gasteiger charge is -2.16. The molecule has 3 N–H and O–H groups in total.